The fourth-order valence-corrected chi connectivity index (χ4v) is 1.47. The minimum absolute atomic E-state index is 0.502. The SMILES string of the molecule is NCc1nocc1C1CCC1. The Labute approximate surface area is 65.6 Å². The van der Waals surface area contributed by atoms with Gasteiger partial charge in [-0.25, -0.2) is 0 Å². The molecule has 0 bridgehead atoms. The molecule has 3 nitrogen and oxygen atoms in total. The smallest absolute Gasteiger partial charge is 0.127 e. The van der Waals surface area contributed by atoms with Crippen LogP contribution in [0.4, 0.5) is 0 Å². The van der Waals surface area contributed by atoms with Crippen LogP contribution in [0.25, 0.3) is 0 Å². The number of aromatic nitrogens is 1. The van der Waals surface area contributed by atoms with Crippen molar-refractivity contribution in [2.75, 3.05) is 0 Å². The lowest BCUT2D eigenvalue weighted by atomic mass is 9.80. The monoisotopic (exact) mass is 152 g/mol. The van der Waals surface area contributed by atoms with Gasteiger partial charge in [-0.05, 0) is 18.8 Å². The zero-order valence-electron chi connectivity index (χ0n) is 6.42. The Kier molecular flexibility index (Phi) is 1.66. The van der Waals surface area contributed by atoms with Crippen LogP contribution in [0.3, 0.4) is 0 Å². The van der Waals surface area contributed by atoms with Gasteiger partial charge in [-0.1, -0.05) is 11.6 Å². The van der Waals surface area contributed by atoms with E-state index in [-0.39, 0.29) is 0 Å². The third kappa shape index (κ3) is 1.05. The normalized spacial score (nSPS) is 18.3. The highest BCUT2D eigenvalue weighted by atomic mass is 16.5. The lowest BCUT2D eigenvalue weighted by molar-refractivity contribution is 0.400. The first-order valence-corrected chi connectivity index (χ1v) is 4.05. The maximum atomic E-state index is 5.49. The van der Waals surface area contributed by atoms with Gasteiger partial charge in [-0.3, -0.25) is 0 Å². The van der Waals surface area contributed by atoms with E-state index >= 15 is 0 Å². The topological polar surface area (TPSA) is 52.0 Å². The largest absolute Gasteiger partial charge is 0.364 e. The second kappa shape index (κ2) is 2.66. The van der Waals surface area contributed by atoms with Gasteiger partial charge in [0.25, 0.3) is 0 Å². The number of hydrogen-bond donors (Lipinski definition) is 1. The molecule has 0 amide bonds. The van der Waals surface area contributed by atoms with Gasteiger partial charge >= 0.3 is 0 Å². The minimum atomic E-state index is 0.502. The van der Waals surface area contributed by atoms with Crippen LogP contribution in [0.1, 0.15) is 36.4 Å². The molecule has 1 fully saturated rings. The van der Waals surface area contributed by atoms with Gasteiger partial charge < -0.3 is 10.3 Å². The van der Waals surface area contributed by atoms with Crippen molar-refractivity contribution in [2.45, 2.75) is 31.7 Å². The first-order valence-electron chi connectivity index (χ1n) is 4.05. The average Bonchev–Trinajstić information content (AvgIpc) is 2.32. The first kappa shape index (κ1) is 6.85. The molecule has 0 aliphatic heterocycles. The van der Waals surface area contributed by atoms with E-state index in [1.807, 2.05) is 0 Å². The molecule has 0 saturated heterocycles. The summed E-state index contributed by atoms with van der Waals surface area (Å²) < 4.78 is 4.86. The standard InChI is InChI=1S/C8H12N2O/c9-4-8-7(5-11-10-8)6-2-1-3-6/h5-6H,1-4,9H2. The fraction of sp³-hybridized carbons (Fsp3) is 0.625. The number of hydrogen-bond acceptors (Lipinski definition) is 3. The van der Waals surface area contributed by atoms with Gasteiger partial charge in [-0.15, -0.1) is 0 Å². The molecule has 1 aromatic heterocycles. The van der Waals surface area contributed by atoms with E-state index < -0.39 is 0 Å². The Morgan fingerprint density at radius 2 is 2.45 bits per heavy atom. The highest BCUT2D eigenvalue weighted by Crippen LogP contribution is 2.37. The number of nitrogens with two attached hydrogens (primary N) is 1. The number of nitrogens with zero attached hydrogens (tertiary/aromatic N) is 1. The predicted octanol–water partition coefficient (Wildman–Crippen LogP) is 1.40. The molecular weight excluding hydrogens is 140 g/mol. The van der Waals surface area contributed by atoms with E-state index in [2.05, 4.69) is 5.16 Å². The lowest BCUT2D eigenvalue weighted by Crippen LogP contribution is -2.11. The molecule has 2 N–H and O–H groups in total. The summed E-state index contributed by atoms with van der Waals surface area (Å²) in [5.41, 5.74) is 7.66. The summed E-state index contributed by atoms with van der Waals surface area (Å²) in [6.07, 6.45) is 5.62. The molecule has 1 aliphatic carbocycles. The van der Waals surface area contributed by atoms with Crippen molar-refractivity contribution in [1.29, 1.82) is 0 Å². The molecule has 1 aliphatic rings. The van der Waals surface area contributed by atoms with Gasteiger partial charge in [0.15, 0.2) is 0 Å². The van der Waals surface area contributed by atoms with Crippen LogP contribution in [-0.4, -0.2) is 5.16 Å². The van der Waals surface area contributed by atoms with E-state index in [0.717, 1.165) is 5.69 Å². The predicted molar refractivity (Wildman–Crippen MR) is 41.0 cm³/mol. The van der Waals surface area contributed by atoms with E-state index in [1.165, 1.54) is 24.8 Å². The summed E-state index contributed by atoms with van der Waals surface area (Å²) in [6, 6.07) is 0. The Morgan fingerprint density at radius 1 is 1.64 bits per heavy atom. The second-order valence-corrected chi connectivity index (χ2v) is 3.05. The Morgan fingerprint density at radius 3 is 3.00 bits per heavy atom. The van der Waals surface area contributed by atoms with Crippen molar-refractivity contribution < 1.29 is 4.52 Å². The summed E-state index contributed by atoms with van der Waals surface area (Å²) in [7, 11) is 0. The maximum Gasteiger partial charge on any atom is 0.127 e. The van der Waals surface area contributed by atoms with Crippen LogP contribution in [0.15, 0.2) is 10.8 Å². The zero-order chi connectivity index (χ0) is 7.68. The summed E-state index contributed by atoms with van der Waals surface area (Å²) in [5, 5.41) is 3.84. The molecule has 0 aromatic carbocycles. The summed E-state index contributed by atoms with van der Waals surface area (Å²) in [4.78, 5) is 0. The lowest BCUT2D eigenvalue weighted by Gasteiger charge is -2.24. The Bertz CT molecular complexity index is 240. The van der Waals surface area contributed by atoms with Crippen LogP contribution in [0.2, 0.25) is 0 Å². The van der Waals surface area contributed by atoms with Crippen molar-refractivity contribution in [1.82, 2.24) is 5.16 Å². The molecule has 1 saturated carbocycles. The third-order valence-electron chi connectivity index (χ3n) is 2.41. The van der Waals surface area contributed by atoms with Crippen molar-refractivity contribution in [3.05, 3.63) is 17.5 Å². The molecule has 60 valence electrons. The molecule has 0 spiro atoms. The highest BCUT2D eigenvalue weighted by Gasteiger charge is 2.23. The third-order valence-corrected chi connectivity index (χ3v) is 2.41. The molecule has 1 heterocycles. The maximum absolute atomic E-state index is 5.49. The molecular formula is C8H12N2O. The summed E-state index contributed by atoms with van der Waals surface area (Å²) in [6.45, 7) is 0.502. The molecule has 3 heteroatoms. The van der Waals surface area contributed by atoms with Crippen LogP contribution in [-0.2, 0) is 6.54 Å². The van der Waals surface area contributed by atoms with Crippen molar-refractivity contribution in [3.63, 3.8) is 0 Å². The first-order chi connectivity index (χ1) is 5.42. The van der Waals surface area contributed by atoms with Crippen molar-refractivity contribution in [2.24, 2.45) is 5.73 Å². The van der Waals surface area contributed by atoms with E-state index in [0.29, 0.717) is 12.5 Å². The van der Waals surface area contributed by atoms with Gasteiger partial charge in [0.1, 0.15) is 12.0 Å². The van der Waals surface area contributed by atoms with Gasteiger partial charge in [-0.2, -0.15) is 0 Å². The van der Waals surface area contributed by atoms with Gasteiger partial charge in [0.05, 0.1) is 0 Å². The quantitative estimate of drug-likeness (QED) is 0.696. The van der Waals surface area contributed by atoms with Crippen LogP contribution in [0, 0.1) is 0 Å². The highest BCUT2D eigenvalue weighted by molar-refractivity contribution is 5.21. The molecule has 1 aromatic rings. The number of rotatable bonds is 2. The zero-order valence-corrected chi connectivity index (χ0v) is 6.42. The minimum Gasteiger partial charge on any atom is -0.364 e. The van der Waals surface area contributed by atoms with Gasteiger partial charge in [0, 0.05) is 12.1 Å². The van der Waals surface area contributed by atoms with Crippen molar-refractivity contribution >= 4 is 0 Å². The molecule has 11 heavy (non-hydrogen) atoms. The van der Waals surface area contributed by atoms with Crippen LogP contribution in [0.5, 0.6) is 0 Å². The van der Waals surface area contributed by atoms with Gasteiger partial charge in [0.2, 0.25) is 0 Å². The Balaban J connectivity index is 2.20. The van der Waals surface area contributed by atoms with E-state index in [1.54, 1.807) is 6.26 Å². The van der Waals surface area contributed by atoms with E-state index in [4.69, 9.17) is 10.3 Å². The van der Waals surface area contributed by atoms with Crippen LogP contribution < -0.4 is 5.73 Å². The molecule has 2 rings (SSSR count). The second-order valence-electron chi connectivity index (χ2n) is 3.05. The molecule has 0 radical (unpaired) electrons. The molecule has 0 unspecified atom stereocenters. The fourth-order valence-electron chi connectivity index (χ4n) is 1.47. The summed E-state index contributed by atoms with van der Waals surface area (Å²) >= 11 is 0. The summed E-state index contributed by atoms with van der Waals surface area (Å²) in [5.74, 6) is 0.680. The average molecular weight is 152 g/mol. The van der Waals surface area contributed by atoms with E-state index in [9.17, 15) is 0 Å². The Hall–Kier alpha value is -0.830. The molecule has 0 atom stereocenters. The van der Waals surface area contributed by atoms with Crippen molar-refractivity contribution in [3.8, 4) is 0 Å². The van der Waals surface area contributed by atoms with Crippen LogP contribution >= 0.6 is 0 Å².